The predicted octanol–water partition coefficient (Wildman–Crippen LogP) is 16.0. The smallest absolute Gasteiger partial charge is 0.199 e. The van der Waals surface area contributed by atoms with Gasteiger partial charge < -0.3 is 22.5 Å². The second-order valence-corrected chi connectivity index (χ2v) is 20.2. The van der Waals surface area contributed by atoms with Gasteiger partial charge in [0.1, 0.15) is 0 Å². The molecule has 0 atom stereocenters. The van der Waals surface area contributed by atoms with Crippen molar-refractivity contribution in [3.63, 3.8) is 0 Å². The van der Waals surface area contributed by atoms with E-state index in [0.717, 1.165) is 137 Å². The van der Waals surface area contributed by atoms with E-state index in [1.165, 1.54) is 0 Å². The Morgan fingerprint density at radius 1 is 0.227 bits per heavy atom. The molecule has 7 heterocycles. The average molecular weight is 956 g/mol. The molecule has 0 unspecified atom stereocenters. The van der Waals surface area contributed by atoms with Crippen LogP contribution in [0.25, 0.3) is 159 Å². The van der Waals surface area contributed by atoms with Crippen LogP contribution >= 0.6 is 0 Å². The van der Waals surface area contributed by atoms with Crippen molar-refractivity contribution in [1.29, 1.82) is 0 Å². The molecule has 0 aliphatic carbocycles. The van der Waals surface area contributed by atoms with E-state index in [2.05, 4.69) is 223 Å². The zero-order valence-electron chi connectivity index (χ0n) is 39.9. The molecule has 0 saturated carbocycles. The summed E-state index contributed by atoms with van der Waals surface area (Å²) >= 11 is 0. The van der Waals surface area contributed by atoms with Gasteiger partial charge in [-0.3, -0.25) is 9.59 Å². The summed E-state index contributed by atoms with van der Waals surface area (Å²) < 4.78 is 11.7. The number of fused-ring (bicyclic) bond motifs is 19. The molecule has 18 aromatic rings. The van der Waals surface area contributed by atoms with Crippen molar-refractivity contribution in [2.75, 3.05) is 0 Å². The van der Waals surface area contributed by atoms with Crippen molar-refractivity contribution in [3.8, 4) is 17.1 Å². The van der Waals surface area contributed by atoms with E-state index < -0.39 is 0 Å². The molecule has 0 amide bonds. The minimum Gasteiger partial charge on any atom is -0.308 e. The predicted molar refractivity (Wildman–Crippen MR) is 311 cm³/mol. The lowest BCUT2D eigenvalue weighted by atomic mass is 10.0. The Bertz CT molecular complexity index is 5270. The van der Waals surface area contributed by atoms with Crippen LogP contribution in [0.5, 0.6) is 0 Å². The van der Waals surface area contributed by atoms with Crippen LogP contribution in [0.15, 0.2) is 234 Å². The van der Waals surface area contributed by atoms with Crippen molar-refractivity contribution in [3.05, 3.63) is 245 Å². The number of benzene rings is 11. The fraction of sp³-hybridized carbons (Fsp3) is 0. The molecule has 11 aromatic carbocycles. The van der Waals surface area contributed by atoms with E-state index in [1.807, 2.05) is 24.3 Å². The first-order chi connectivity index (χ1) is 37.1. The zero-order valence-corrected chi connectivity index (χ0v) is 39.9. The molecule has 0 aliphatic heterocycles. The van der Waals surface area contributed by atoms with Crippen LogP contribution in [0.3, 0.4) is 0 Å². The SMILES string of the molecule is O=c1c2cccc3c4c(-n5c6ccccc6c6ccccc65)c5c6cccc7c(=O)c8c(-n9c%10ccccc%10c%10ccccc%109)cccc8n(c5cc4n(c4cccc(-n5c8ccccc8c8ccccc85)c14)c23)c76. The summed E-state index contributed by atoms with van der Waals surface area (Å²) in [6.45, 7) is 0. The highest BCUT2D eigenvalue weighted by Gasteiger charge is 2.30. The van der Waals surface area contributed by atoms with Gasteiger partial charge in [-0.05, 0) is 78.9 Å². The Morgan fingerprint density at radius 2 is 0.507 bits per heavy atom. The van der Waals surface area contributed by atoms with Gasteiger partial charge in [0.05, 0.1) is 94.0 Å². The van der Waals surface area contributed by atoms with Crippen LogP contribution in [0.2, 0.25) is 0 Å². The van der Waals surface area contributed by atoms with Gasteiger partial charge in [0.2, 0.25) is 0 Å². The number of nitrogens with zero attached hydrogens (tertiary/aromatic N) is 5. The van der Waals surface area contributed by atoms with Crippen LogP contribution in [0.1, 0.15) is 0 Å². The number of pyridine rings is 2. The number of aromatic nitrogens is 5. The van der Waals surface area contributed by atoms with Gasteiger partial charge in [0, 0.05) is 64.6 Å². The summed E-state index contributed by atoms with van der Waals surface area (Å²) in [6, 6.07) is 78.7. The summed E-state index contributed by atoms with van der Waals surface area (Å²) in [5.41, 5.74) is 14.3. The summed E-state index contributed by atoms with van der Waals surface area (Å²) in [7, 11) is 0. The lowest BCUT2D eigenvalue weighted by Gasteiger charge is -2.15. The van der Waals surface area contributed by atoms with Gasteiger partial charge in [-0.1, -0.05) is 146 Å². The summed E-state index contributed by atoms with van der Waals surface area (Å²) in [5, 5.41) is 13.5. The maximum absolute atomic E-state index is 15.7. The van der Waals surface area contributed by atoms with E-state index >= 15 is 9.59 Å². The average Bonchev–Trinajstić information content (AvgIpc) is 4.42. The third-order valence-corrected chi connectivity index (χ3v) is 16.7. The van der Waals surface area contributed by atoms with E-state index in [-0.39, 0.29) is 10.9 Å². The monoisotopic (exact) mass is 955 g/mol. The molecule has 0 N–H and O–H groups in total. The minimum atomic E-state index is -0.00892. The molecule has 0 radical (unpaired) electrons. The Morgan fingerprint density at radius 3 is 0.867 bits per heavy atom. The molecule has 18 rings (SSSR count). The maximum Gasteiger partial charge on any atom is 0.199 e. The molecular weight excluding hydrogens is 919 g/mol. The molecular formula is C68H37N5O2. The molecule has 0 fully saturated rings. The number of hydrogen-bond donors (Lipinski definition) is 0. The third kappa shape index (κ3) is 4.69. The van der Waals surface area contributed by atoms with Crippen LogP contribution in [0.4, 0.5) is 0 Å². The quantitative estimate of drug-likeness (QED) is 0.166. The molecule has 0 bridgehead atoms. The summed E-state index contributed by atoms with van der Waals surface area (Å²) in [5.74, 6) is 0. The second kappa shape index (κ2) is 13.8. The van der Waals surface area contributed by atoms with Crippen molar-refractivity contribution >= 4 is 142 Å². The molecule has 7 heteroatoms. The van der Waals surface area contributed by atoms with Gasteiger partial charge in [-0.2, -0.15) is 0 Å². The van der Waals surface area contributed by atoms with E-state index in [4.69, 9.17) is 0 Å². The lowest BCUT2D eigenvalue weighted by molar-refractivity contribution is 1.19. The van der Waals surface area contributed by atoms with Crippen molar-refractivity contribution in [2.24, 2.45) is 0 Å². The zero-order chi connectivity index (χ0) is 48.9. The highest BCUT2D eigenvalue weighted by atomic mass is 16.1. The topological polar surface area (TPSA) is 57.7 Å². The first kappa shape index (κ1) is 39.4. The van der Waals surface area contributed by atoms with Gasteiger partial charge in [0.25, 0.3) is 0 Å². The third-order valence-electron chi connectivity index (χ3n) is 16.7. The molecule has 7 aromatic heterocycles. The van der Waals surface area contributed by atoms with Crippen LogP contribution in [-0.4, -0.2) is 22.5 Å². The van der Waals surface area contributed by atoms with Gasteiger partial charge in [-0.15, -0.1) is 0 Å². The Hall–Kier alpha value is -10.2. The van der Waals surface area contributed by atoms with E-state index in [0.29, 0.717) is 21.5 Å². The molecule has 0 aliphatic rings. The number of hydrogen-bond acceptors (Lipinski definition) is 2. The minimum absolute atomic E-state index is 0.00892. The van der Waals surface area contributed by atoms with Crippen LogP contribution in [0, 0.1) is 0 Å². The Kier molecular flexibility index (Phi) is 7.26. The summed E-state index contributed by atoms with van der Waals surface area (Å²) in [4.78, 5) is 31.4. The Labute approximate surface area is 424 Å². The standard InChI is InChI=1S/C68H37N5O2/c74-67-46-25-13-23-44-60-58(72(64(44)46)56-35-15-33-54(62(56)67)69-48-27-7-1-17-38(48)39-18-2-8-28-49(39)69)37-59-61(66(60)71-52-31-11-5-21-42(52)43-22-6-12-32-53(43)71)45-24-14-26-47-65(45)73(59)57-36-16-34-55(63(57)68(47)75)70-50-29-9-3-19-40(50)41-20-4-10-30-51(41)70/h1-37H. The van der Waals surface area contributed by atoms with Gasteiger partial charge in [0.15, 0.2) is 10.9 Å². The van der Waals surface area contributed by atoms with Crippen LogP contribution < -0.4 is 10.9 Å². The molecule has 0 saturated heterocycles. The van der Waals surface area contributed by atoms with Crippen molar-refractivity contribution in [1.82, 2.24) is 22.5 Å². The molecule has 0 spiro atoms. The van der Waals surface area contributed by atoms with Crippen LogP contribution in [-0.2, 0) is 0 Å². The highest BCUT2D eigenvalue weighted by molar-refractivity contribution is 6.31. The first-order valence-corrected chi connectivity index (χ1v) is 25.5. The fourth-order valence-electron chi connectivity index (χ4n) is 13.9. The molecule has 346 valence electrons. The molecule has 7 nitrogen and oxygen atoms in total. The van der Waals surface area contributed by atoms with Crippen molar-refractivity contribution in [2.45, 2.75) is 0 Å². The Balaban J connectivity index is 1.09. The van der Waals surface area contributed by atoms with Gasteiger partial charge >= 0.3 is 0 Å². The number of para-hydroxylation sites is 8. The number of rotatable bonds is 3. The first-order valence-electron chi connectivity index (χ1n) is 25.5. The van der Waals surface area contributed by atoms with E-state index in [1.54, 1.807) is 0 Å². The van der Waals surface area contributed by atoms with Gasteiger partial charge in [-0.25, -0.2) is 0 Å². The highest BCUT2D eigenvalue weighted by Crippen LogP contribution is 2.48. The van der Waals surface area contributed by atoms with E-state index in [9.17, 15) is 0 Å². The lowest BCUT2D eigenvalue weighted by Crippen LogP contribution is -2.10. The largest absolute Gasteiger partial charge is 0.308 e. The molecule has 75 heavy (non-hydrogen) atoms. The summed E-state index contributed by atoms with van der Waals surface area (Å²) in [6.07, 6.45) is 0. The normalized spacial score (nSPS) is 12.6. The van der Waals surface area contributed by atoms with Crippen molar-refractivity contribution < 1.29 is 0 Å². The second-order valence-electron chi connectivity index (χ2n) is 20.2. The fourth-order valence-corrected chi connectivity index (χ4v) is 13.9. The maximum atomic E-state index is 15.7.